The van der Waals surface area contributed by atoms with Crippen molar-refractivity contribution >= 4 is 44.9 Å². The van der Waals surface area contributed by atoms with Gasteiger partial charge in [-0.1, -0.05) is 35.9 Å². The number of nitrogens with one attached hydrogen (secondary N) is 1. The third-order valence-corrected chi connectivity index (χ3v) is 5.96. The summed E-state index contributed by atoms with van der Waals surface area (Å²) >= 11 is 5.98. The number of nitrogens with two attached hydrogens (primary N) is 1. The minimum absolute atomic E-state index is 0.0192. The van der Waals surface area contributed by atoms with Gasteiger partial charge in [0.25, 0.3) is 15.9 Å². The number of hydrogen-bond acceptors (Lipinski definition) is 4. The molecule has 3 N–H and O–H groups in total. The molecule has 7 nitrogen and oxygen atoms in total. The quantitative estimate of drug-likeness (QED) is 0.532. The summed E-state index contributed by atoms with van der Waals surface area (Å²) in [7, 11) is -4.29. The van der Waals surface area contributed by atoms with E-state index >= 15 is 0 Å². The number of carbonyl (C=O) groups is 2. The summed E-state index contributed by atoms with van der Waals surface area (Å²) in [5, 5.41) is 0.0192. The number of halogens is 4. The van der Waals surface area contributed by atoms with E-state index in [1.807, 2.05) is 4.72 Å². The third-order valence-electron chi connectivity index (χ3n) is 4.38. The maximum absolute atomic E-state index is 13.2. The average molecular weight is 498 g/mol. The van der Waals surface area contributed by atoms with Crippen LogP contribution in [0.15, 0.2) is 77.7 Å². The fourth-order valence-electron chi connectivity index (χ4n) is 2.92. The average Bonchev–Trinajstić information content (AvgIpc) is 2.73. The van der Waals surface area contributed by atoms with E-state index in [4.69, 9.17) is 17.3 Å². The van der Waals surface area contributed by atoms with Gasteiger partial charge in [0.2, 0.25) is 0 Å². The molecule has 0 heterocycles. The Balaban J connectivity index is 2.09. The Hall–Kier alpha value is -3.57. The molecular weight excluding hydrogens is 483 g/mol. The summed E-state index contributed by atoms with van der Waals surface area (Å²) in [5.74, 6) is -1.15. The molecule has 0 spiro atoms. The molecule has 12 heteroatoms. The molecule has 0 radical (unpaired) electrons. The van der Waals surface area contributed by atoms with Crippen molar-refractivity contribution in [2.24, 2.45) is 5.73 Å². The van der Waals surface area contributed by atoms with E-state index in [0.717, 1.165) is 24.3 Å². The number of benzene rings is 3. The molecule has 0 saturated carbocycles. The molecule has 0 aromatic heterocycles. The molecule has 3 aromatic rings. The maximum atomic E-state index is 13.2. The van der Waals surface area contributed by atoms with Crippen molar-refractivity contribution in [2.75, 3.05) is 4.90 Å². The van der Waals surface area contributed by atoms with Crippen molar-refractivity contribution in [3.63, 3.8) is 0 Å². The highest BCUT2D eigenvalue weighted by Gasteiger charge is 2.32. The summed E-state index contributed by atoms with van der Waals surface area (Å²) < 4.78 is 66.4. The zero-order chi connectivity index (χ0) is 24.4. The fourth-order valence-corrected chi connectivity index (χ4v) is 4.08. The van der Waals surface area contributed by atoms with E-state index in [2.05, 4.69) is 0 Å². The van der Waals surface area contributed by atoms with E-state index in [1.165, 1.54) is 36.4 Å². The van der Waals surface area contributed by atoms with E-state index < -0.39 is 33.7 Å². The number of alkyl halides is 3. The van der Waals surface area contributed by atoms with Crippen LogP contribution in [0.4, 0.5) is 29.3 Å². The Morgan fingerprint density at radius 3 is 2.21 bits per heavy atom. The lowest BCUT2D eigenvalue weighted by atomic mass is 10.1. The fraction of sp³-hybridized carbons (Fsp3) is 0.0476. The standard InChI is InChI=1S/C21H15ClF3N3O4S/c22-14-9-10-17(19(29)27-33(31,32)16-7-2-1-3-8-16)18(12-14)28(20(26)30)15-6-4-5-13(11-15)21(23,24)25/h1-12H,(H2,26,30)(H,27,29). The second-order valence-electron chi connectivity index (χ2n) is 6.63. The van der Waals surface area contributed by atoms with Crippen LogP contribution in [0.1, 0.15) is 15.9 Å². The third kappa shape index (κ3) is 5.44. The monoisotopic (exact) mass is 497 g/mol. The molecule has 3 rings (SSSR count). The summed E-state index contributed by atoms with van der Waals surface area (Å²) in [4.78, 5) is 25.5. The molecule has 0 bridgehead atoms. The van der Waals surface area contributed by atoms with Crippen LogP contribution in [0.2, 0.25) is 5.02 Å². The molecule has 3 aromatic carbocycles. The highest BCUT2D eigenvalue weighted by atomic mass is 35.5. The van der Waals surface area contributed by atoms with Crippen LogP contribution in [0, 0.1) is 0 Å². The molecule has 0 saturated heterocycles. The normalized spacial score (nSPS) is 11.6. The van der Waals surface area contributed by atoms with Crippen LogP contribution in [0.3, 0.4) is 0 Å². The predicted octanol–water partition coefficient (Wildman–Crippen LogP) is 4.69. The number of nitrogens with zero attached hydrogens (tertiary/aromatic N) is 1. The number of rotatable bonds is 5. The molecule has 0 aliphatic rings. The second-order valence-corrected chi connectivity index (χ2v) is 8.75. The second kappa shape index (κ2) is 9.12. The van der Waals surface area contributed by atoms with Crippen molar-refractivity contribution in [1.82, 2.24) is 4.72 Å². The van der Waals surface area contributed by atoms with Gasteiger partial charge < -0.3 is 5.73 Å². The van der Waals surface area contributed by atoms with E-state index in [1.54, 1.807) is 6.07 Å². The number of anilines is 2. The van der Waals surface area contributed by atoms with Crippen molar-refractivity contribution in [3.8, 4) is 0 Å². The number of carbonyl (C=O) groups excluding carboxylic acids is 2. The van der Waals surface area contributed by atoms with Gasteiger partial charge in [-0.3, -0.25) is 9.69 Å². The largest absolute Gasteiger partial charge is 0.416 e. The van der Waals surface area contributed by atoms with Crippen LogP contribution in [0.5, 0.6) is 0 Å². The topological polar surface area (TPSA) is 110 Å². The zero-order valence-corrected chi connectivity index (χ0v) is 18.1. The summed E-state index contributed by atoms with van der Waals surface area (Å²) in [6, 6.07) is 12.9. The number of urea groups is 1. The zero-order valence-electron chi connectivity index (χ0n) is 16.5. The van der Waals surface area contributed by atoms with Gasteiger partial charge in [0.05, 0.1) is 27.4 Å². The Bertz CT molecular complexity index is 1320. The van der Waals surface area contributed by atoms with Crippen molar-refractivity contribution in [1.29, 1.82) is 0 Å². The van der Waals surface area contributed by atoms with Gasteiger partial charge in [0.1, 0.15) is 0 Å². The van der Waals surface area contributed by atoms with E-state index in [-0.39, 0.29) is 26.9 Å². The van der Waals surface area contributed by atoms with Crippen LogP contribution >= 0.6 is 11.6 Å². The minimum atomic E-state index is -4.71. The first-order chi connectivity index (χ1) is 15.4. The molecule has 33 heavy (non-hydrogen) atoms. The van der Waals surface area contributed by atoms with Gasteiger partial charge >= 0.3 is 12.2 Å². The first kappa shape index (κ1) is 24.1. The van der Waals surface area contributed by atoms with Gasteiger partial charge in [0, 0.05) is 5.02 Å². The number of hydrogen-bond donors (Lipinski definition) is 2. The molecule has 0 unspecified atom stereocenters. The molecule has 172 valence electrons. The summed E-state index contributed by atoms with van der Waals surface area (Å²) in [6.07, 6.45) is -4.71. The lowest BCUT2D eigenvalue weighted by Crippen LogP contribution is -2.35. The number of sulfonamides is 1. The lowest BCUT2D eigenvalue weighted by molar-refractivity contribution is -0.137. The van der Waals surface area contributed by atoms with Crippen molar-refractivity contribution in [3.05, 3.63) is 88.9 Å². The molecule has 0 atom stereocenters. The Morgan fingerprint density at radius 1 is 0.939 bits per heavy atom. The molecule has 0 aliphatic carbocycles. The van der Waals surface area contributed by atoms with E-state index in [9.17, 15) is 31.2 Å². The Labute approximate surface area is 191 Å². The van der Waals surface area contributed by atoms with Crippen LogP contribution in [0.25, 0.3) is 0 Å². The van der Waals surface area contributed by atoms with Gasteiger partial charge in [-0.15, -0.1) is 0 Å². The van der Waals surface area contributed by atoms with Gasteiger partial charge in [-0.05, 0) is 48.5 Å². The summed E-state index contributed by atoms with van der Waals surface area (Å²) in [6.45, 7) is 0. The molecule has 0 aliphatic heterocycles. The Morgan fingerprint density at radius 2 is 1.61 bits per heavy atom. The highest BCUT2D eigenvalue weighted by Crippen LogP contribution is 2.36. The summed E-state index contributed by atoms with van der Waals surface area (Å²) in [5.41, 5.74) is 3.36. The Kier molecular flexibility index (Phi) is 6.65. The van der Waals surface area contributed by atoms with Crippen molar-refractivity contribution < 1.29 is 31.2 Å². The van der Waals surface area contributed by atoms with Crippen LogP contribution < -0.4 is 15.4 Å². The first-order valence-corrected chi connectivity index (χ1v) is 10.9. The van der Waals surface area contributed by atoms with Crippen LogP contribution in [-0.2, 0) is 16.2 Å². The maximum Gasteiger partial charge on any atom is 0.416 e. The minimum Gasteiger partial charge on any atom is -0.351 e. The van der Waals surface area contributed by atoms with Gasteiger partial charge in [-0.2, -0.15) is 13.2 Å². The predicted molar refractivity (Wildman–Crippen MR) is 116 cm³/mol. The SMILES string of the molecule is NC(=O)N(c1cccc(C(F)(F)F)c1)c1cc(Cl)ccc1C(=O)NS(=O)(=O)c1ccccc1. The van der Waals surface area contributed by atoms with Crippen LogP contribution in [-0.4, -0.2) is 20.4 Å². The molecular formula is C21H15ClF3N3O4S. The van der Waals surface area contributed by atoms with E-state index in [0.29, 0.717) is 11.0 Å². The van der Waals surface area contributed by atoms with Crippen molar-refractivity contribution in [2.45, 2.75) is 11.1 Å². The first-order valence-electron chi connectivity index (χ1n) is 9.09. The van der Waals surface area contributed by atoms with Gasteiger partial charge in [-0.25, -0.2) is 17.9 Å². The molecule has 0 fully saturated rings. The van der Waals surface area contributed by atoms with Gasteiger partial charge in [0.15, 0.2) is 0 Å². The smallest absolute Gasteiger partial charge is 0.351 e. The molecule has 3 amide bonds. The highest BCUT2D eigenvalue weighted by molar-refractivity contribution is 7.90. The number of amides is 3. The number of primary amides is 1. The lowest BCUT2D eigenvalue weighted by Gasteiger charge is -2.24.